The monoisotopic (exact) mass is 214 g/mol. The molecule has 2 rings (SSSR count). The van der Waals surface area contributed by atoms with Gasteiger partial charge in [0.1, 0.15) is 5.60 Å². The normalized spacial score (nSPS) is 37.7. The highest BCUT2D eigenvalue weighted by atomic mass is 16.5. The van der Waals surface area contributed by atoms with E-state index in [2.05, 4.69) is 5.32 Å². The van der Waals surface area contributed by atoms with Crippen LogP contribution in [0.15, 0.2) is 0 Å². The SMILES string of the molecule is CC1OCCC1(O)CNC(=O)C1(N)CC1. The number of ether oxygens (including phenoxy) is 1. The van der Waals surface area contributed by atoms with E-state index in [0.717, 1.165) is 12.8 Å². The summed E-state index contributed by atoms with van der Waals surface area (Å²) in [5, 5.41) is 12.8. The maximum Gasteiger partial charge on any atom is 0.240 e. The third-order valence-corrected chi connectivity index (χ3v) is 3.46. The summed E-state index contributed by atoms with van der Waals surface area (Å²) >= 11 is 0. The summed E-state index contributed by atoms with van der Waals surface area (Å²) in [5.41, 5.74) is 4.13. The van der Waals surface area contributed by atoms with Crippen LogP contribution in [-0.2, 0) is 9.53 Å². The molecule has 0 aromatic carbocycles. The first-order valence-electron chi connectivity index (χ1n) is 5.37. The van der Waals surface area contributed by atoms with Crippen LogP contribution in [0.2, 0.25) is 0 Å². The van der Waals surface area contributed by atoms with Crippen LogP contribution in [0.25, 0.3) is 0 Å². The molecule has 15 heavy (non-hydrogen) atoms. The maximum absolute atomic E-state index is 11.5. The van der Waals surface area contributed by atoms with Gasteiger partial charge in [0.05, 0.1) is 11.6 Å². The Bertz CT molecular complexity index is 278. The summed E-state index contributed by atoms with van der Waals surface area (Å²) in [6, 6.07) is 0. The van der Waals surface area contributed by atoms with E-state index in [1.807, 2.05) is 6.92 Å². The number of amides is 1. The van der Waals surface area contributed by atoms with Gasteiger partial charge in [0, 0.05) is 19.6 Å². The van der Waals surface area contributed by atoms with Crippen LogP contribution in [0.1, 0.15) is 26.2 Å². The minimum Gasteiger partial charge on any atom is -0.385 e. The number of aliphatic hydroxyl groups is 1. The number of nitrogens with one attached hydrogen (secondary N) is 1. The van der Waals surface area contributed by atoms with Crippen LogP contribution >= 0.6 is 0 Å². The second kappa shape index (κ2) is 3.43. The first kappa shape index (κ1) is 10.9. The van der Waals surface area contributed by atoms with Crippen molar-refractivity contribution in [1.29, 1.82) is 0 Å². The third kappa shape index (κ3) is 2.00. The summed E-state index contributed by atoms with van der Waals surface area (Å²) in [6.07, 6.45) is 1.81. The molecule has 0 radical (unpaired) electrons. The lowest BCUT2D eigenvalue weighted by molar-refractivity contribution is -0.125. The molecule has 1 saturated carbocycles. The molecule has 0 spiro atoms. The second-order valence-electron chi connectivity index (χ2n) is 4.71. The van der Waals surface area contributed by atoms with Gasteiger partial charge in [-0.25, -0.2) is 0 Å². The summed E-state index contributed by atoms with van der Waals surface area (Å²) in [7, 11) is 0. The van der Waals surface area contributed by atoms with Gasteiger partial charge in [-0.1, -0.05) is 0 Å². The molecule has 2 unspecified atom stereocenters. The Morgan fingerprint density at radius 3 is 2.73 bits per heavy atom. The van der Waals surface area contributed by atoms with Crippen molar-refractivity contribution < 1.29 is 14.6 Å². The van der Waals surface area contributed by atoms with Crippen LogP contribution in [0, 0.1) is 0 Å². The minimum atomic E-state index is -0.930. The van der Waals surface area contributed by atoms with Crippen molar-refractivity contribution in [3.63, 3.8) is 0 Å². The average molecular weight is 214 g/mol. The van der Waals surface area contributed by atoms with Crippen LogP contribution in [0.5, 0.6) is 0 Å². The zero-order valence-corrected chi connectivity index (χ0v) is 8.95. The molecule has 1 heterocycles. The molecule has 2 fully saturated rings. The largest absolute Gasteiger partial charge is 0.385 e. The van der Waals surface area contributed by atoms with Crippen molar-refractivity contribution in [1.82, 2.24) is 5.32 Å². The van der Waals surface area contributed by atoms with Gasteiger partial charge in [-0.2, -0.15) is 0 Å². The fourth-order valence-electron chi connectivity index (χ4n) is 1.77. The summed E-state index contributed by atoms with van der Waals surface area (Å²) in [4.78, 5) is 11.5. The van der Waals surface area contributed by atoms with Crippen LogP contribution in [0.3, 0.4) is 0 Å². The number of carbonyl (C=O) groups excluding carboxylic acids is 1. The van der Waals surface area contributed by atoms with E-state index in [4.69, 9.17) is 10.5 Å². The second-order valence-corrected chi connectivity index (χ2v) is 4.71. The summed E-state index contributed by atoms with van der Waals surface area (Å²) in [5.74, 6) is -0.157. The molecule has 5 heteroatoms. The molecule has 5 nitrogen and oxygen atoms in total. The van der Waals surface area contributed by atoms with Gasteiger partial charge in [0.25, 0.3) is 0 Å². The van der Waals surface area contributed by atoms with Gasteiger partial charge in [0.2, 0.25) is 5.91 Å². The van der Waals surface area contributed by atoms with Gasteiger partial charge >= 0.3 is 0 Å². The van der Waals surface area contributed by atoms with Gasteiger partial charge in [0.15, 0.2) is 0 Å². The molecule has 1 amide bonds. The lowest BCUT2D eigenvalue weighted by atomic mass is 9.96. The van der Waals surface area contributed by atoms with Crippen molar-refractivity contribution in [2.24, 2.45) is 5.73 Å². The van der Waals surface area contributed by atoms with E-state index in [-0.39, 0.29) is 18.6 Å². The van der Waals surface area contributed by atoms with Crippen LogP contribution in [-0.4, -0.2) is 41.4 Å². The Kier molecular flexibility index (Phi) is 2.48. The average Bonchev–Trinajstić information content (AvgIpc) is 2.86. The molecule has 2 aliphatic rings. The molecule has 0 bridgehead atoms. The van der Waals surface area contributed by atoms with E-state index in [0.29, 0.717) is 13.0 Å². The Labute approximate surface area is 89.0 Å². The molecular weight excluding hydrogens is 196 g/mol. The predicted octanol–water partition coefficient (Wildman–Crippen LogP) is -0.866. The van der Waals surface area contributed by atoms with Gasteiger partial charge in [-0.15, -0.1) is 0 Å². The fraction of sp³-hybridized carbons (Fsp3) is 0.900. The van der Waals surface area contributed by atoms with Crippen molar-refractivity contribution in [2.75, 3.05) is 13.2 Å². The quantitative estimate of drug-likeness (QED) is 0.570. The Hall–Kier alpha value is -0.650. The number of hydrogen-bond donors (Lipinski definition) is 3. The Morgan fingerprint density at radius 1 is 1.60 bits per heavy atom. The molecule has 0 aromatic heterocycles. The summed E-state index contributed by atoms with van der Waals surface area (Å²) < 4.78 is 5.27. The number of rotatable bonds is 3. The maximum atomic E-state index is 11.5. The highest BCUT2D eigenvalue weighted by Crippen LogP contribution is 2.32. The van der Waals surface area contributed by atoms with Gasteiger partial charge in [-0.3, -0.25) is 4.79 Å². The molecule has 4 N–H and O–H groups in total. The van der Waals surface area contributed by atoms with E-state index in [1.165, 1.54) is 0 Å². The number of nitrogens with two attached hydrogens (primary N) is 1. The van der Waals surface area contributed by atoms with Crippen LogP contribution in [0.4, 0.5) is 0 Å². The van der Waals surface area contributed by atoms with Crippen molar-refractivity contribution in [2.45, 2.75) is 43.4 Å². The molecule has 2 atom stereocenters. The summed E-state index contributed by atoms with van der Waals surface area (Å²) in [6.45, 7) is 2.59. The molecule has 1 aliphatic heterocycles. The van der Waals surface area contributed by atoms with E-state index in [1.54, 1.807) is 0 Å². The van der Waals surface area contributed by atoms with Gasteiger partial charge in [-0.05, 0) is 19.8 Å². The Morgan fingerprint density at radius 2 is 2.27 bits per heavy atom. The van der Waals surface area contributed by atoms with E-state index >= 15 is 0 Å². The highest BCUT2D eigenvalue weighted by molar-refractivity contribution is 5.89. The zero-order chi connectivity index (χ0) is 11.1. The van der Waals surface area contributed by atoms with E-state index in [9.17, 15) is 9.90 Å². The lowest BCUT2D eigenvalue weighted by Crippen LogP contribution is -2.52. The lowest BCUT2D eigenvalue weighted by Gasteiger charge is -2.26. The molecule has 1 aliphatic carbocycles. The van der Waals surface area contributed by atoms with Crippen molar-refractivity contribution >= 4 is 5.91 Å². The fourth-order valence-corrected chi connectivity index (χ4v) is 1.77. The number of hydrogen-bond acceptors (Lipinski definition) is 4. The first-order chi connectivity index (χ1) is 6.96. The standard InChI is InChI=1S/C10H18N2O3/c1-7-10(14,4-5-15-7)6-12-8(13)9(11)2-3-9/h7,14H,2-6,11H2,1H3,(H,12,13). The molecule has 1 saturated heterocycles. The minimum absolute atomic E-state index is 0.157. The third-order valence-electron chi connectivity index (χ3n) is 3.46. The predicted molar refractivity (Wildman–Crippen MR) is 54.1 cm³/mol. The topological polar surface area (TPSA) is 84.6 Å². The molecule has 86 valence electrons. The zero-order valence-electron chi connectivity index (χ0n) is 8.95. The van der Waals surface area contributed by atoms with Gasteiger partial charge < -0.3 is 20.9 Å². The van der Waals surface area contributed by atoms with Crippen LogP contribution < -0.4 is 11.1 Å². The van der Waals surface area contributed by atoms with Crippen molar-refractivity contribution in [3.05, 3.63) is 0 Å². The Balaban J connectivity index is 1.84. The molecule has 0 aromatic rings. The van der Waals surface area contributed by atoms with Crippen molar-refractivity contribution in [3.8, 4) is 0 Å². The first-order valence-corrected chi connectivity index (χ1v) is 5.37. The number of carbonyl (C=O) groups is 1. The smallest absolute Gasteiger partial charge is 0.240 e. The van der Waals surface area contributed by atoms with E-state index < -0.39 is 11.1 Å². The highest BCUT2D eigenvalue weighted by Gasteiger charge is 2.47. The molecular formula is C10H18N2O3.